The fourth-order valence-corrected chi connectivity index (χ4v) is 3.10. The van der Waals surface area contributed by atoms with Crippen LogP contribution in [0.25, 0.3) is 0 Å². The Kier molecular flexibility index (Phi) is 3.30. The average molecular weight is 268 g/mol. The number of rotatable bonds is 2. The summed E-state index contributed by atoms with van der Waals surface area (Å²) >= 11 is 0. The fourth-order valence-electron chi connectivity index (χ4n) is 1.56. The van der Waals surface area contributed by atoms with Crippen molar-refractivity contribution in [3.63, 3.8) is 0 Å². The first-order valence-electron chi connectivity index (χ1n) is 5.59. The molecule has 17 heavy (non-hydrogen) atoms. The third kappa shape index (κ3) is 2.57. The van der Waals surface area contributed by atoms with Gasteiger partial charge in [-0.05, 0) is 18.1 Å². The Morgan fingerprint density at radius 1 is 1.18 bits per heavy atom. The van der Waals surface area contributed by atoms with Crippen molar-refractivity contribution >= 4 is 14.1 Å². The molecular formula is C11H19F3O2Si. The summed E-state index contributed by atoms with van der Waals surface area (Å²) in [6.45, 7) is 9.17. The second kappa shape index (κ2) is 3.81. The molecule has 1 aliphatic rings. The van der Waals surface area contributed by atoms with Gasteiger partial charge < -0.3 is 4.43 Å². The van der Waals surface area contributed by atoms with Crippen LogP contribution in [-0.4, -0.2) is 25.9 Å². The normalized spacial score (nSPS) is 21.3. The minimum atomic E-state index is -4.46. The van der Waals surface area contributed by atoms with Gasteiger partial charge in [-0.3, -0.25) is 4.79 Å². The van der Waals surface area contributed by atoms with Gasteiger partial charge in [-0.15, -0.1) is 0 Å². The van der Waals surface area contributed by atoms with Gasteiger partial charge in [0.2, 0.25) is 0 Å². The highest BCUT2D eigenvalue weighted by atomic mass is 28.4. The zero-order valence-corrected chi connectivity index (χ0v) is 11.9. The van der Waals surface area contributed by atoms with Crippen molar-refractivity contribution in [3.8, 4) is 0 Å². The van der Waals surface area contributed by atoms with E-state index in [-0.39, 0.29) is 10.8 Å². The first kappa shape index (κ1) is 14.7. The van der Waals surface area contributed by atoms with Crippen LogP contribution in [0.2, 0.25) is 18.1 Å². The molecule has 6 heteroatoms. The van der Waals surface area contributed by atoms with Gasteiger partial charge >= 0.3 is 6.18 Å². The summed E-state index contributed by atoms with van der Waals surface area (Å²) in [5.74, 6) is -0.374. The zero-order chi connectivity index (χ0) is 13.7. The van der Waals surface area contributed by atoms with Crippen LogP contribution >= 0.6 is 0 Å². The Balaban J connectivity index is 2.95. The monoisotopic (exact) mass is 268 g/mol. The molecule has 0 saturated heterocycles. The molecule has 100 valence electrons. The molecule has 1 saturated carbocycles. The van der Waals surface area contributed by atoms with Crippen molar-refractivity contribution < 1.29 is 22.4 Å². The number of alkyl halides is 3. The highest BCUT2D eigenvalue weighted by Gasteiger charge is 2.65. The standard InChI is InChI=1S/C11H19F3O2Si/c1-9(2,3)17(4,5)16-10(11(12,13)14)6-8(15)7-10/h6-7H2,1-5H3. The van der Waals surface area contributed by atoms with E-state index in [9.17, 15) is 18.0 Å². The maximum absolute atomic E-state index is 13.0. The van der Waals surface area contributed by atoms with Crippen LogP contribution in [0.4, 0.5) is 13.2 Å². The highest BCUT2D eigenvalue weighted by Crippen LogP contribution is 2.51. The number of carbonyl (C=O) groups is 1. The summed E-state index contributed by atoms with van der Waals surface area (Å²) in [5.41, 5.74) is -2.22. The third-order valence-corrected chi connectivity index (χ3v) is 8.25. The van der Waals surface area contributed by atoms with Gasteiger partial charge in [0.25, 0.3) is 0 Å². The summed E-state index contributed by atoms with van der Waals surface area (Å²) in [4.78, 5) is 10.9. The number of ketones is 1. The number of carbonyl (C=O) groups excluding carboxylic acids is 1. The van der Waals surface area contributed by atoms with Gasteiger partial charge in [-0.25, -0.2) is 0 Å². The SMILES string of the molecule is CC(C)(C)[Si](C)(C)OC1(C(F)(F)F)CC(=O)C1. The van der Waals surface area contributed by atoms with E-state index < -0.39 is 32.9 Å². The smallest absolute Gasteiger partial charge is 0.402 e. The molecule has 0 bridgehead atoms. The maximum Gasteiger partial charge on any atom is 0.417 e. The molecule has 0 atom stereocenters. The lowest BCUT2D eigenvalue weighted by Gasteiger charge is -2.49. The molecule has 0 spiro atoms. The van der Waals surface area contributed by atoms with Crippen LogP contribution in [0.15, 0.2) is 0 Å². The molecule has 0 aliphatic heterocycles. The molecule has 0 unspecified atom stereocenters. The molecule has 0 N–H and O–H groups in total. The van der Waals surface area contributed by atoms with Crippen molar-refractivity contribution in [3.05, 3.63) is 0 Å². The van der Waals surface area contributed by atoms with E-state index in [1.165, 1.54) is 0 Å². The molecule has 2 nitrogen and oxygen atoms in total. The van der Waals surface area contributed by atoms with Crippen LogP contribution < -0.4 is 0 Å². The second-order valence-electron chi connectivity index (χ2n) is 6.25. The Morgan fingerprint density at radius 2 is 1.59 bits per heavy atom. The lowest BCUT2D eigenvalue weighted by molar-refractivity contribution is -0.269. The van der Waals surface area contributed by atoms with Gasteiger partial charge in [-0.1, -0.05) is 20.8 Å². The molecule has 0 radical (unpaired) electrons. The number of hydrogen-bond acceptors (Lipinski definition) is 2. The Hall–Kier alpha value is -0.363. The van der Waals surface area contributed by atoms with E-state index in [1.807, 2.05) is 20.8 Å². The van der Waals surface area contributed by atoms with Crippen LogP contribution in [0, 0.1) is 0 Å². The summed E-state index contributed by atoms with van der Waals surface area (Å²) in [7, 11) is -2.52. The minimum absolute atomic E-state index is 0.302. The average Bonchev–Trinajstić information content (AvgIpc) is 1.95. The molecule has 0 aromatic rings. The largest absolute Gasteiger partial charge is 0.417 e. The predicted molar refractivity (Wildman–Crippen MR) is 61.3 cm³/mol. The van der Waals surface area contributed by atoms with E-state index in [1.54, 1.807) is 13.1 Å². The Morgan fingerprint density at radius 3 is 1.82 bits per heavy atom. The number of Topliss-reactive ketones (excluding diaryl/α,β-unsaturated/α-hetero) is 1. The quantitative estimate of drug-likeness (QED) is 0.714. The third-order valence-electron chi connectivity index (χ3n) is 3.74. The number of hydrogen-bond donors (Lipinski definition) is 0. The highest BCUT2D eigenvalue weighted by molar-refractivity contribution is 6.74. The van der Waals surface area contributed by atoms with Gasteiger partial charge in [0.1, 0.15) is 5.78 Å². The molecule has 1 aliphatic carbocycles. The molecule has 0 amide bonds. The van der Waals surface area contributed by atoms with Crippen molar-refractivity contribution in [1.82, 2.24) is 0 Å². The topological polar surface area (TPSA) is 26.3 Å². The van der Waals surface area contributed by atoms with Gasteiger partial charge in [0.15, 0.2) is 13.9 Å². The van der Waals surface area contributed by atoms with Gasteiger partial charge in [-0.2, -0.15) is 13.2 Å². The lowest BCUT2D eigenvalue weighted by Crippen LogP contribution is -2.63. The van der Waals surface area contributed by atoms with Gasteiger partial charge in [0.05, 0.1) is 0 Å². The predicted octanol–water partition coefficient (Wildman–Crippen LogP) is 3.67. The molecule has 0 aromatic carbocycles. The van der Waals surface area contributed by atoms with Crippen LogP contribution in [0.5, 0.6) is 0 Å². The van der Waals surface area contributed by atoms with Crippen molar-refractivity contribution in [2.75, 3.05) is 0 Å². The van der Waals surface area contributed by atoms with Crippen LogP contribution in [0.3, 0.4) is 0 Å². The van der Waals surface area contributed by atoms with E-state index >= 15 is 0 Å². The first-order valence-corrected chi connectivity index (χ1v) is 8.50. The molecule has 0 heterocycles. The van der Waals surface area contributed by atoms with Crippen molar-refractivity contribution in [2.45, 2.75) is 63.5 Å². The molecule has 1 rings (SSSR count). The van der Waals surface area contributed by atoms with Crippen LogP contribution in [0.1, 0.15) is 33.6 Å². The summed E-state index contributed by atoms with van der Waals surface area (Å²) in [6, 6.07) is 0. The Bertz CT molecular complexity index is 321. The summed E-state index contributed by atoms with van der Waals surface area (Å²) in [5, 5.41) is -0.302. The molecular weight excluding hydrogens is 249 g/mol. The minimum Gasteiger partial charge on any atom is -0.402 e. The van der Waals surface area contributed by atoms with Gasteiger partial charge in [0, 0.05) is 12.8 Å². The molecule has 1 fully saturated rings. The number of halogens is 3. The van der Waals surface area contributed by atoms with Crippen LogP contribution in [-0.2, 0) is 9.22 Å². The fraction of sp³-hybridized carbons (Fsp3) is 0.909. The molecule has 0 aromatic heterocycles. The van der Waals surface area contributed by atoms with Crippen molar-refractivity contribution in [2.24, 2.45) is 0 Å². The first-order chi connectivity index (χ1) is 7.31. The van der Waals surface area contributed by atoms with Crippen molar-refractivity contribution in [1.29, 1.82) is 0 Å². The van der Waals surface area contributed by atoms with E-state index in [0.29, 0.717) is 0 Å². The van der Waals surface area contributed by atoms with E-state index in [2.05, 4.69) is 0 Å². The Labute approximate surface area is 101 Å². The maximum atomic E-state index is 13.0. The summed E-state index contributed by atoms with van der Waals surface area (Å²) < 4.78 is 44.4. The lowest BCUT2D eigenvalue weighted by atomic mass is 9.78. The van der Waals surface area contributed by atoms with E-state index in [4.69, 9.17) is 4.43 Å². The zero-order valence-electron chi connectivity index (χ0n) is 10.9. The summed E-state index contributed by atoms with van der Waals surface area (Å²) in [6.07, 6.45) is -5.51. The second-order valence-corrected chi connectivity index (χ2v) is 11.0. The van der Waals surface area contributed by atoms with E-state index in [0.717, 1.165) is 0 Å².